The molecule has 1 saturated carbocycles. The maximum Gasteiger partial charge on any atom is 0.265 e. The first-order valence-corrected chi connectivity index (χ1v) is 9.27. The zero-order valence-corrected chi connectivity index (χ0v) is 14.8. The van der Waals surface area contributed by atoms with Crippen LogP contribution in [0.5, 0.6) is 0 Å². The van der Waals surface area contributed by atoms with E-state index in [4.69, 9.17) is 5.73 Å². The van der Waals surface area contributed by atoms with Crippen LogP contribution in [0.3, 0.4) is 0 Å². The molecule has 0 aliphatic heterocycles. The quantitative estimate of drug-likeness (QED) is 0.646. The summed E-state index contributed by atoms with van der Waals surface area (Å²) in [7, 11) is 0. The van der Waals surface area contributed by atoms with Crippen molar-refractivity contribution in [2.45, 2.75) is 24.7 Å². The fourth-order valence-electron chi connectivity index (χ4n) is 3.30. The summed E-state index contributed by atoms with van der Waals surface area (Å²) in [6.07, 6.45) is 4.42. The van der Waals surface area contributed by atoms with Crippen LogP contribution in [-0.2, 0) is 10.2 Å². The fourth-order valence-corrected chi connectivity index (χ4v) is 4.01. The topological polar surface area (TPSA) is 101 Å². The van der Waals surface area contributed by atoms with Gasteiger partial charge in [0.15, 0.2) is 5.13 Å². The van der Waals surface area contributed by atoms with Crippen molar-refractivity contribution in [1.82, 2.24) is 9.97 Å². The van der Waals surface area contributed by atoms with Crippen molar-refractivity contribution in [3.8, 4) is 11.3 Å². The molecule has 2 amide bonds. The lowest BCUT2D eigenvalue weighted by molar-refractivity contribution is -0.124. The molecule has 0 radical (unpaired) electrons. The SMILES string of the molecule is NC(=O)c1cc(-c2csc(NC(=O)C3(c4ccccc4)CCC3)n2)c[nH]1. The van der Waals surface area contributed by atoms with Crippen LogP contribution >= 0.6 is 11.3 Å². The van der Waals surface area contributed by atoms with Crippen LogP contribution in [0, 0.1) is 0 Å². The van der Waals surface area contributed by atoms with Crippen molar-refractivity contribution in [2.24, 2.45) is 5.73 Å². The van der Waals surface area contributed by atoms with Gasteiger partial charge >= 0.3 is 0 Å². The second-order valence-corrected chi connectivity index (χ2v) is 7.32. The van der Waals surface area contributed by atoms with Crippen LogP contribution in [0.15, 0.2) is 48.0 Å². The Kier molecular flexibility index (Phi) is 4.08. The van der Waals surface area contributed by atoms with E-state index in [2.05, 4.69) is 15.3 Å². The molecule has 2 heterocycles. The van der Waals surface area contributed by atoms with Crippen molar-refractivity contribution in [3.63, 3.8) is 0 Å². The second kappa shape index (κ2) is 6.42. The molecule has 0 saturated heterocycles. The van der Waals surface area contributed by atoms with Gasteiger partial charge in [0.25, 0.3) is 5.91 Å². The van der Waals surface area contributed by atoms with E-state index in [9.17, 15) is 9.59 Å². The number of aromatic nitrogens is 2. The monoisotopic (exact) mass is 366 g/mol. The predicted molar refractivity (Wildman–Crippen MR) is 101 cm³/mol. The molecule has 7 heteroatoms. The minimum atomic E-state index is -0.519. The number of nitrogens with two attached hydrogens (primary N) is 1. The molecule has 0 unspecified atom stereocenters. The number of rotatable bonds is 5. The van der Waals surface area contributed by atoms with Crippen molar-refractivity contribution in [3.05, 3.63) is 59.2 Å². The number of nitrogens with one attached hydrogen (secondary N) is 2. The van der Waals surface area contributed by atoms with Gasteiger partial charge in [-0.2, -0.15) is 0 Å². The maximum atomic E-state index is 12.9. The molecule has 4 rings (SSSR count). The Hall–Kier alpha value is -2.93. The van der Waals surface area contributed by atoms with E-state index in [-0.39, 0.29) is 5.91 Å². The highest BCUT2D eigenvalue weighted by Gasteiger charge is 2.45. The van der Waals surface area contributed by atoms with Crippen molar-refractivity contribution in [2.75, 3.05) is 5.32 Å². The number of thiazole rings is 1. The van der Waals surface area contributed by atoms with Gasteiger partial charge in [0.05, 0.1) is 11.1 Å². The van der Waals surface area contributed by atoms with Crippen LogP contribution in [0.1, 0.15) is 35.3 Å². The lowest BCUT2D eigenvalue weighted by atomic mass is 9.64. The summed E-state index contributed by atoms with van der Waals surface area (Å²) in [5.74, 6) is -0.530. The first kappa shape index (κ1) is 16.5. The Morgan fingerprint density at radius 3 is 2.62 bits per heavy atom. The summed E-state index contributed by atoms with van der Waals surface area (Å²) < 4.78 is 0. The van der Waals surface area contributed by atoms with Gasteiger partial charge < -0.3 is 16.0 Å². The molecular formula is C19H18N4O2S. The molecule has 26 heavy (non-hydrogen) atoms. The van der Waals surface area contributed by atoms with Gasteiger partial charge in [-0.25, -0.2) is 4.98 Å². The van der Waals surface area contributed by atoms with Crippen LogP contribution in [0.4, 0.5) is 5.13 Å². The smallest absolute Gasteiger partial charge is 0.265 e. The highest BCUT2D eigenvalue weighted by atomic mass is 32.1. The van der Waals surface area contributed by atoms with Crippen molar-refractivity contribution < 1.29 is 9.59 Å². The van der Waals surface area contributed by atoms with E-state index in [1.165, 1.54) is 11.3 Å². The Morgan fingerprint density at radius 1 is 1.23 bits per heavy atom. The Balaban J connectivity index is 1.53. The molecule has 4 N–H and O–H groups in total. The highest BCUT2D eigenvalue weighted by Crippen LogP contribution is 2.44. The third kappa shape index (κ3) is 2.80. The van der Waals surface area contributed by atoms with Crippen molar-refractivity contribution >= 4 is 28.3 Å². The van der Waals surface area contributed by atoms with Gasteiger partial charge in [-0.1, -0.05) is 36.8 Å². The fraction of sp³-hybridized carbons (Fsp3) is 0.211. The number of carbonyl (C=O) groups excluding carboxylic acids is 2. The van der Waals surface area contributed by atoms with E-state index in [0.717, 1.165) is 30.4 Å². The molecule has 1 aliphatic rings. The van der Waals surface area contributed by atoms with Crippen LogP contribution in [-0.4, -0.2) is 21.8 Å². The Morgan fingerprint density at radius 2 is 2.00 bits per heavy atom. The molecular weight excluding hydrogens is 348 g/mol. The van der Waals surface area contributed by atoms with Gasteiger partial charge in [0.2, 0.25) is 5.91 Å². The minimum absolute atomic E-state index is 0.0113. The summed E-state index contributed by atoms with van der Waals surface area (Å²) in [4.78, 5) is 31.4. The molecule has 0 atom stereocenters. The number of hydrogen-bond donors (Lipinski definition) is 3. The largest absolute Gasteiger partial charge is 0.364 e. The molecule has 2 aromatic heterocycles. The molecule has 0 spiro atoms. The number of nitrogens with zero attached hydrogens (tertiary/aromatic N) is 1. The maximum absolute atomic E-state index is 12.9. The number of anilines is 1. The number of hydrogen-bond acceptors (Lipinski definition) is 4. The van der Waals surface area contributed by atoms with Crippen molar-refractivity contribution in [1.29, 1.82) is 0 Å². The summed E-state index contributed by atoms with van der Waals surface area (Å²) in [5, 5.41) is 5.37. The number of amides is 2. The van der Waals surface area contributed by atoms with Gasteiger partial charge in [0, 0.05) is 17.1 Å². The first-order valence-electron chi connectivity index (χ1n) is 8.40. The average molecular weight is 366 g/mol. The third-order valence-corrected chi connectivity index (χ3v) is 5.69. The van der Waals surface area contributed by atoms with Gasteiger partial charge in [-0.15, -0.1) is 11.3 Å². The standard InChI is InChI=1S/C19H18N4O2S/c20-16(24)14-9-12(10-21-14)15-11-26-18(22-15)23-17(25)19(7-4-8-19)13-5-2-1-3-6-13/h1-3,5-6,9-11,21H,4,7-8H2,(H2,20,24)(H,22,23,25). The van der Waals surface area contributed by atoms with Gasteiger partial charge in [-0.05, 0) is 24.5 Å². The minimum Gasteiger partial charge on any atom is -0.364 e. The summed E-state index contributed by atoms with van der Waals surface area (Å²) in [6.45, 7) is 0. The molecule has 1 aliphatic carbocycles. The lowest BCUT2D eigenvalue weighted by Gasteiger charge is -2.40. The van der Waals surface area contributed by atoms with E-state index in [0.29, 0.717) is 16.5 Å². The molecule has 1 fully saturated rings. The number of carbonyl (C=O) groups is 2. The van der Waals surface area contributed by atoms with E-state index in [1.54, 1.807) is 12.3 Å². The van der Waals surface area contributed by atoms with Crippen LogP contribution < -0.4 is 11.1 Å². The lowest BCUT2D eigenvalue weighted by Crippen LogP contribution is -2.45. The summed E-state index contributed by atoms with van der Waals surface area (Å²) in [5.41, 5.74) is 7.63. The molecule has 3 aromatic rings. The Bertz CT molecular complexity index is 957. The molecule has 6 nitrogen and oxygen atoms in total. The highest BCUT2D eigenvalue weighted by molar-refractivity contribution is 7.14. The van der Waals surface area contributed by atoms with E-state index >= 15 is 0 Å². The number of benzene rings is 1. The van der Waals surface area contributed by atoms with Gasteiger partial charge in [-0.3, -0.25) is 9.59 Å². The van der Waals surface area contributed by atoms with E-state index in [1.807, 2.05) is 35.7 Å². The molecule has 0 bridgehead atoms. The second-order valence-electron chi connectivity index (χ2n) is 6.46. The predicted octanol–water partition coefficient (Wildman–Crippen LogP) is 3.30. The summed E-state index contributed by atoms with van der Waals surface area (Å²) >= 11 is 1.36. The zero-order chi connectivity index (χ0) is 18.1. The Labute approximate surface area is 154 Å². The normalized spacial score (nSPS) is 15.2. The van der Waals surface area contributed by atoms with Crippen LogP contribution in [0.2, 0.25) is 0 Å². The zero-order valence-electron chi connectivity index (χ0n) is 14.0. The first-order chi connectivity index (χ1) is 12.6. The number of primary amides is 1. The van der Waals surface area contributed by atoms with Gasteiger partial charge in [0.1, 0.15) is 5.69 Å². The van der Waals surface area contributed by atoms with Crippen LogP contribution in [0.25, 0.3) is 11.3 Å². The third-order valence-electron chi connectivity index (χ3n) is 4.94. The summed E-state index contributed by atoms with van der Waals surface area (Å²) in [6, 6.07) is 11.6. The van der Waals surface area contributed by atoms with E-state index < -0.39 is 11.3 Å². The molecule has 132 valence electrons. The number of aromatic amines is 1. The molecule has 1 aromatic carbocycles. The number of H-pyrrole nitrogens is 1. The average Bonchev–Trinajstić information content (AvgIpc) is 3.24.